The lowest BCUT2D eigenvalue weighted by atomic mass is 9.78. The van der Waals surface area contributed by atoms with Crippen molar-refractivity contribution in [2.45, 2.75) is 84.2 Å². The predicted molar refractivity (Wildman–Crippen MR) is 120 cm³/mol. The lowest BCUT2D eigenvalue weighted by Gasteiger charge is -2.34. The van der Waals surface area contributed by atoms with Crippen molar-refractivity contribution in [1.82, 2.24) is 10.2 Å². The summed E-state index contributed by atoms with van der Waals surface area (Å²) < 4.78 is 17.7. The topological polar surface area (TPSA) is 77.1 Å². The Kier molecular flexibility index (Phi) is 6.45. The molecule has 0 aliphatic carbocycles. The molecule has 1 unspecified atom stereocenters. The number of likely N-dealkylation sites (tertiary alicyclic amines) is 1. The second-order valence-electron chi connectivity index (χ2n) is 10.5. The molecule has 7 nitrogen and oxygen atoms in total. The van der Waals surface area contributed by atoms with Gasteiger partial charge in [-0.2, -0.15) is 0 Å². The second-order valence-corrected chi connectivity index (χ2v) is 10.5. The Balaban J connectivity index is 1.64. The van der Waals surface area contributed by atoms with Crippen LogP contribution in [-0.4, -0.2) is 60.0 Å². The van der Waals surface area contributed by atoms with Crippen molar-refractivity contribution in [2.24, 2.45) is 0 Å². The number of amides is 2. The summed E-state index contributed by atoms with van der Waals surface area (Å²) in [7, 11) is -0.518. The van der Waals surface area contributed by atoms with Crippen LogP contribution in [0.15, 0.2) is 24.3 Å². The van der Waals surface area contributed by atoms with Crippen LogP contribution in [0.2, 0.25) is 0 Å². The highest BCUT2D eigenvalue weighted by molar-refractivity contribution is 6.62. The zero-order valence-electron chi connectivity index (χ0n) is 19.8. The largest absolute Gasteiger partial charge is 0.494 e. The fraction of sp³-hybridized carbons (Fsp3) is 0.652. The van der Waals surface area contributed by atoms with Gasteiger partial charge >= 0.3 is 13.2 Å². The minimum atomic E-state index is -0.540. The molecule has 0 spiro atoms. The number of hydrogen-bond acceptors (Lipinski definition) is 5. The molecule has 0 aromatic heterocycles. The molecular formula is C23H35BN2O5. The van der Waals surface area contributed by atoms with Crippen LogP contribution in [0.3, 0.4) is 0 Å². The van der Waals surface area contributed by atoms with Crippen molar-refractivity contribution in [3.8, 4) is 0 Å². The van der Waals surface area contributed by atoms with Gasteiger partial charge in [0.05, 0.1) is 11.2 Å². The Bertz CT molecular complexity index is 818. The highest BCUT2D eigenvalue weighted by Gasteiger charge is 2.51. The van der Waals surface area contributed by atoms with Crippen LogP contribution in [0, 0.1) is 0 Å². The van der Waals surface area contributed by atoms with E-state index in [-0.39, 0.29) is 18.0 Å². The Morgan fingerprint density at radius 3 is 2.42 bits per heavy atom. The van der Waals surface area contributed by atoms with Crippen LogP contribution in [0.4, 0.5) is 4.79 Å². The first-order valence-corrected chi connectivity index (χ1v) is 11.0. The summed E-state index contributed by atoms with van der Waals surface area (Å²) in [6.07, 6.45) is 1.30. The van der Waals surface area contributed by atoms with E-state index in [9.17, 15) is 9.59 Å². The number of piperidine rings is 1. The number of benzene rings is 1. The molecule has 2 fully saturated rings. The van der Waals surface area contributed by atoms with Gasteiger partial charge in [-0.05, 0) is 78.9 Å². The molecule has 2 amide bonds. The van der Waals surface area contributed by atoms with Crippen LogP contribution < -0.4 is 10.8 Å². The Hall–Kier alpha value is -2.06. The monoisotopic (exact) mass is 430 g/mol. The second kappa shape index (κ2) is 8.47. The molecule has 1 atom stereocenters. The van der Waals surface area contributed by atoms with Crippen molar-refractivity contribution in [2.75, 3.05) is 13.1 Å². The normalized spacial score (nSPS) is 22.9. The van der Waals surface area contributed by atoms with Gasteiger partial charge in [0.15, 0.2) is 0 Å². The standard InChI is InChI=1S/C23H35BN2O5/c1-21(2,3)29-20(28)26-13-9-12-18(15-26)25-19(27)16-10-8-11-17(14-16)24-30-22(4,5)23(6,7)31-24/h8,10-11,14,18H,9,12-13,15H2,1-7H3,(H,25,27). The lowest BCUT2D eigenvalue weighted by molar-refractivity contribution is 0.00578. The highest BCUT2D eigenvalue weighted by atomic mass is 16.7. The number of nitrogens with zero attached hydrogens (tertiary/aromatic N) is 1. The average molecular weight is 430 g/mol. The molecule has 170 valence electrons. The number of carbonyl (C=O) groups is 2. The zero-order valence-corrected chi connectivity index (χ0v) is 19.8. The van der Waals surface area contributed by atoms with Gasteiger partial charge in [0.1, 0.15) is 5.60 Å². The van der Waals surface area contributed by atoms with Crippen LogP contribution in [-0.2, 0) is 14.0 Å². The molecule has 0 bridgehead atoms. The predicted octanol–water partition coefficient (Wildman–Crippen LogP) is 3.12. The highest BCUT2D eigenvalue weighted by Crippen LogP contribution is 2.36. The van der Waals surface area contributed by atoms with Gasteiger partial charge in [0, 0.05) is 24.7 Å². The SMILES string of the molecule is CC(C)(C)OC(=O)N1CCCC(NC(=O)c2cccc(B3OC(C)(C)C(C)(C)O3)c2)C1. The van der Waals surface area contributed by atoms with Crippen LogP contribution in [0.1, 0.15) is 71.7 Å². The van der Waals surface area contributed by atoms with Gasteiger partial charge in [0.2, 0.25) is 0 Å². The van der Waals surface area contributed by atoms with Crippen LogP contribution in [0.5, 0.6) is 0 Å². The molecule has 2 aliphatic heterocycles. The molecule has 0 saturated carbocycles. The van der Waals surface area contributed by atoms with E-state index >= 15 is 0 Å². The van der Waals surface area contributed by atoms with Crippen molar-refractivity contribution in [1.29, 1.82) is 0 Å². The first kappa shape index (κ1) is 23.6. The van der Waals surface area contributed by atoms with E-state index in [4.69, 9.17) is 14.0 Å². The molecule has 8 heteroatoms. The third kappa shape index (κ3) is 5.60. The molecule has 2 saturated heterocycles. The molecule has 1 N–H and O–H groups in total. The number of ether oxygens (including phenoxy) is 1. The van der Waals surface area contributed by atoms with E-state index in [0.717, 1.165) is 18.3 Å². The van der Waals surface area contributed by atoms with Gasteiger partial charge in [-0.15, -0.1) is 0 Å². The number of nitrogens with one attached hydrogen (secondary N) is 1. The summed E-state index contributed by atoms with van der Waals surface area (Å²) in [6, 6.07) is 7.21. The maximum Gasteiger partial charge on any atom is 0.494 e. The van der Waals surface area contributed by atoms with E-state index < -0.39 is 23.9 Å². The number of hydrogen-bond donors (Lipinski definition) is 1. The summed E-state index contributed by atoms with van der Waals surface area (Å²) in [5.74, 6) is -0.172. The molecule has 1 aromatic rings. The van der Waals surface area contributed by atoms with E-state index in [0.29, 0.717) is 18.7 Å². The zero-order chi connectivity index (χ0) is 23.0. The summed E-state index contributed by atoms with van der Waals surface area (Å²) in [5, 5.41) is 3.06. The van der Waals surface area contributed by atoms with Gasteiger partial charge in [-0.1, -0.05) is 12.1 Å². The average Bonchev–Trinajstić information content (AvgIpc) is 2.88. The van der Waals surface area contributed by atoms with Crippen LogP contribution >= 0.6 is 0 Å². The number of carbonyl (C=O) groups excluding carboxylic acids is 2. The van der Waals surface area contributed by atoms with E-state index in [2.05, 4.69) is 5.32 Å². The molecule has 0 radical (unpaired) electrons. The smallest absolute Gasteiger partial charge is 0.444 e. The van der Waals surface area contributed by atoms with Crippen molar-refractivity contribution in [3.63, 3.8) is 0 Å². The van der Waals surface area contributed by atoms with E-state index in [1.807, 2.05) is 66.7 Å². The minimum Gasteiger partial charge on any atom is -0.444 e. The third-order valence-electron chi connectivity index (χ3n) is 6.08. The van der Waals surface area contributed by atoms with Gasteiger partial charge in [0.25, 0.3) is 5.91 Å². The fourth-order valence-electron chi connectivity index (χ4n) is 3.66. The summed E-state index contributed by atoms with van der Waals surface area (Å²) in [5.41, 5.74) is -0.0695. The third-order valence-corrected chi connectivity index (χ3v) is 6.08. The maximum absolute atomic E-state index is 12.9. The minimum absolute atomic E-state index is 0.116. The van der Waals surface area contributed by atoms with Crippen molar-refractivity contribution in [3.05, 3.63) is 29.8 Å². The molecule has 2 aliphatic rings. The van der Waals surface area contributed by atoms with Gasteiger partial charge in [-0.25, -0.2) is 4.79 Å². The molecule has 2 heterocycles. The molecule has 3 rings (SSSR count). The van der Waals surface area contributed by atoms with Gasteiger partial charge < -0.3 is 24.3 Å². The Morgan fingerprint density at radius 2 is 1.81 bits per heavy atom. The van der Waals surface area contributed by atoms with Crippen molar-refractivity contribution >= 4 is 24.6 Å². The Labute approximate surface area is 185 Å². The number of rotatable bonds is 3. The maximum atomic E-state index is 12.9. The summed E-state index contributed by atoms with van der Waals surface area (Å²) in [4.78, 5) is 27.0. The fourth-order valence-corrected chi connectivity index (χ4v) is 3.66. The van der Waals surface area contributed by atoms with E-state index in [1.165, 1.54) is 0 Å². The molecule has 1 aromatic carbocycles. The quantitative estimate of drug-likeness (QED) is 0.746. The van der Waals surface area contributed by atoms with Crippen LogP contribution in [0.25, 0.3) is 0 Å². The molecular weight excluding hydrogens is 395 g/mol. The molecule has 31 heavy (non-hydrogen) atoms. The lowest BCUT2D eigenvalue weighted by Crippen LogP contribution is -2.50. The first-order valence-electron chi connectivity index (χ1n) is 11.0. The Morgan fingerprint density at radius 1 is 1.16 bits per heavy atom. The summed E-state index contributed by atoms with van der Waals surface area (Å²) >= 11 is 0. The first-order chi connectivity index (χ1) is 14.3. The van der Waals surface area contributed by atoms with E-state index in [1.54, 1.807) is 11.0 Å². The van der Waals surface area contributed by atoms with Gasteiger partial charge in [-0.3, -0.25) is 4.79 Å². The summed E-state index contributed by atoms with van der Waals surface area (Å²) in [6.45, 7) is 14.6. The van der Waals surface area contributed by atoms with Crippen molar-refractivity contribution < 1.29 is 23.6 Å².